The third-order valence-electron chi connectivity index (χ3n) is 4.32. The smallest absolute Gasteiger partial charge is 0.416 e. The predicted octanol–water partition coefficient (Wildman–Crippen LogP) is 3.64. The predicted molar refractivity (Wildman–Crippen MR) is 97.3 cm³/mol. The minimum atomic E-state index is -4.48. The van der Waals surface area contributed by atoms with Crippen LogP contribution in [-0.2, 0) is 11.0 Å². The number of alkyl halides is 3. The molecule has 3 rings (SSSR count). The van der Waals surface area contributed by atoms with Gasteiger partial charge in [0.25, 0.3) is 11.8 Å². The molecular formula is C20H19F3N2O3. The van der Waals surface area contributed by atoms with Gasteiger partial charge in [-0.15, -0.1) is 0 Å². The van der Waals surface area contributed by atoms with Crippen LogP contribution in [-0.4, -0.2) is 31.0 Å². The number of amides is 2. The second-order valence-electron chi connectivity index (χ2n) is 6.36. The zero-order valence-corrected chi connectivity index (χ0v) is 15.1. The number of fused-ring (bicyclic) bond motifs is 1. The lowest BCUT2D eigenvalue weighted by atomic mass is 10.1. The van der Waals surface area contributed by atoms with Crippen LogP contribution in [0.2, 0.25) is 0 Å². The van der Waals surface area contributed by atoms with Crippen LogP contribution in [0.4, 0.5) is 18.9 Å². The fourth-order valence-corrected chi connectivity index (χ4v) is 2.88. The van der Waals surface area contributed by atoms with Crippen molar-refractivity contribution in [1.29, 1.82) is 0 Å². The van der Waals surface area contributed by atoms with E-state index in [1.165, 1.54) is 4.90 Å². The first kappa shape index (κ1) is 19.7. The minimum absolute atomic E-state index is 0.0353. The Morgan fingerprint density at radius 3 is 2.46 bits per heavy atom. The summed E-state index contributed by atoms with van der Waals surface area (Å²) in [6.45, 7) is 2.36. The Morgan fingerprint density at radius 1 is 1.14 bits per heavy atom. The summed E-state index contributed by atoms with van der Waals surface area (Å²) < 4.78 is 44.0. The monoisotopic (exact) mass is 392 g/mol. The first-order valence-electron chi connectivity index (χ1n) is 8.83. The third-order valence-corrected chi connectivity index (χ3v) is 4.32. The molecule has 1 N–H and O–H groups in total. The molecule has 1 aliphatic heterocycles. The van der Waals surface area contributed by atoms with Gasteiger partial charge in [-0.25, -0.2) is 0 Å². The second kappa shape index (κ2) is 7.92. The number of halogens is 3. The number of carbonyl (C=O) groups excluding carboxylic acids is 2. The van der Waals surface area contributed by atoms with Crippen molar-refractivity contribution in [1.82, 2.24) is 5.32 Å². The van der Waals surface area contributed by atoms with Gasteiger partial charge in [0.05, 0.1) is 17.8 Å². The Kier molecular flexibility index (Phi) is 5.58. The average molecular weight is 392 g/mol. The summed E-state index contributed by atoms with van der Waals surface area (Å²) in [6.07, 6.45) is -4.63. The van der Waals surface area contributed by atoms with Crippen LogP contribution in [0.3, 0.4) is 0 Å². The molecule has 2 amide bonds. The highest BCUT2D eigenvalue weighted by Gasteiger charge is 2.35. The number of nitrogens with zero attached hydrogens (tertiary/aromatic N) is 1. The van der Waals surface area contributed by atoms with Crippen LogP contribution >= 0.6 is 0 Å². The lowest BCUT2D eigenvalue weighted by Gasteiger charge is -2.34. The molecule has 0 saturated heterocycles. The van der Waals surface area contributed by atoms with Gasteiger partial charge < -0.3 is 15.0 Å². The molecule has 0 aliphatic carbocycles. The first-order valence-corrected chi connectivity index (χ1v) is 8.83. The first-order chi connectivity index (χ1) is 13.3. The minimum Gasteiger partial charge on any atom is -0.477 e. The third kappa shape index (κ3) is 4.11. The van der Waals surface area contributed by atoms with Crippen molar-refractivity contribution >= 4 is 17.5 Å². The molecule has 1 atom stereocenters. The fraction of sp³-hybridized carbons (Fsp3) is 0.300. The maximum atomic E-state index is 13.0. The summed E-state index contributed by atoms with van der Waals surface area (Å²) >= 11 is 0. The topological polar surface area (TPSA) is 58.6 Å². The van der Waals surface area contributed by atoms with Crippen molar-refractivity contribution in [2.45, 2.75) is 25.6 Å². The maximum absolute atomic E-state index is 13.0. The van der Waals surface area contributed by atoms with E-state index >= 15 is 0 Å². The summed E-state index contributed by atoms with van der Waals surface area (Å²) in [7, 11) is 0. The number of benzene rings is 2. The molecular weight excluding hydrogens is 373 g/mol. The number of nitrogens with one attached hydrogen (secondary N) is 1. The van der Waals surface area contributed by atoms with E-state index in [2.05, 4.69) is 5.32 Å². The number of hydrogen-bond donors (Lipinski definition) is 1. The molecule has 0 spiro atoms. The SMILES string of the molecule is CCCNC(=O)[C@@H]1CN(C(=O)c2ccc(C(F)(F)F)cc2)c2ccccc2O1. The van der Waals surface area contributed by atoms with Crippen molar-refractivity contribution in [3.05, 3.63) is 59.7 Å². The zero-order valence-electron chi connectivity index (χ0n) is 15.1. The molecule has 2 aromatic rings. The van der Waals surface area contributed by atoms with Crippen LogP contribution < -0.4 is 15.0 Å². The fourth-order valence-electron chi connectivity index (χ4n) is 2.88. The van der Waals surface area contributed by atoms with Crippen molar-refractivity contribution in [3.63, 3.8) is 0 Å². The van der Waals surface area contributed by atoms with Gasteiger partial charge in [-0.1, -0.05) is 19.1 Å². The Balaban J connectivity index is 1.88. The van der Waals surface area contributed by atoms with E-state index in [-0.39, 0.29) is 18.0 Å². The van der Waals surface area contributed by atoms with Crippen LogP contribution in [0.25, 0.3) is 0 Å². The van der Waals surface area contributed by atoms with Gasteiger partial charge >= 0.3 is 6.18 Å². The summed E-state index contributed by atoms with van der Waals surface area (Å²) in [4.78, 5) is 26.6. The highest BCUT2D eigenvalue weighted by Crippen LogP contribution is 2.35. The van der Waals surface area contributed by atoms with E-state index in [9.17, 15) is 22.8 Å². The molecule has 1 heterocycles. The molecule has 8 heteroatoms. The van der Waals surface area contributed by atoms with Crippen LogP contribution in [0, 0.1) is 0 Å². The lowest BCUT2D eigenvalue weighted by Crippen LogP contribution is -2.50. The summed E-state index contributed by atoms with van der Waals surface area (Å²) in [5.41, 5.74) is -0.271. The van der Waals surface area contributed by atoms with Crippen LogP contribution in [0.1, 0.15) is 29.3 Å². The van der Waals surface area contributed by atoms with E-state index in [0.717, 1.165) is 30.7 Å². The summed E-state index contributed by atoms with van der Waals surface area (Å²) in [5.74, 6) is -0.481. The molecule has 0 radical (unpaired) electrons. The Morgan fingerprint density at radius 2 is 1.82 bits per heavy atom. The number of anilines is 1. The van der Waals surface area contributed by atoms with Gasteiger partial charge in [0.2, 0.25) is 0 Å². The summed E-state index contributed by atoms with van der Waals surface area (Å²) in [6, 6.07) is 10.7. The van der Waals surface area contributed by atoms with Gasteiger partial charge in [0.15, 0.2) is 6.10 Å². The number of carbonyl (C=O) groups is 2. The van der Waals surface area contributed by atoms with Crippen LogP contribution in [0.5, 0.6) is 5.75 Å². The van der Waals surface area contributed by atoms with E-state index in [1.807, 2.05) is 6.92 Å². The Bertz CT molecular complexity index is 866. The van der Waals surface area contributed by atoms with E-state index in [0.29, 0.717) is 18.0 Å². The molecule has 0 aromatic heterocycles. The van der Waals surface area contributed by atoms with Crippen molar-refractivity contribution in [2.75, 3.05) is 18.0 Å². The highest BCUT2D eigenvalue weighted by atomic mass is 19.4. The van der Waals surface area contributed by atoms with Gasteiger partial charge in [-0.05, 0) is 42.8 Å². The van der Waals surface area contributed by atoms with E-state index in [4.69, 9.17) is 4.74 Å². The standard InChI is InChI=1S/C20H19F3N2O3/c1-2-11-24-18(26)17-12-25(15-5-3-4-6-16(15)28-17)19(27)13-7-9-14(10-8-13)20(21,22)23/h3-10,17H,2,11-12H2,1H3,(H,24,26)/t17-/m0/s1. The Hall–Kier alpha value is -3.03. The zero-order chi connectivity index (χ0) is 20.3. The molecule has 148 valence electrons. The van der Waals surface area contributed by atoms with Gasteiger partial charge in [0.1, 0.15) is 5.75 Å². The van der Waals surface area contributed by atoms with E-state index in [1.54, 1.807) is 24.3 Å². The molecule has 1 aliphatic rings. The maximum Gasteiger partial charge on any atom is 0.416 e. The molecule has 28 heavy (non-hydrogen) atoms. The molecule has 0 saturated carbocycles. The molecule has 0 unspecified atom stereocenters. The number of para-hydroxylation sites is 2. The molecule has 2 aromatic carbocycles. The second-order valence-corrected chi connectivity index (χ2v) is 6.36. The largest absolute Gasteiger partial charge is 0.477 e. The van der Waals surface area contributed by atoms with Crippen LogP contribution in [0.15, 0.2) is 48.5 Å². The molecule has 5 nitrogen and oxygen atoms in total. The summed E-state index contributed by atoms with van der Waals surface area (Å²) in [5, 5.41) is 2.73. The number of ether oxygens (including phenoxy) is 1. The van der Waals surface area contributed by atoms with Gasteiger partial charge in [0, 0.05) is 12.1 Å². The average Bonchev–Trinajstić information content (AvgIpc) is 2.70. The Labute approximate surface area is 160 Å². The van der Waals surface area contributed by atoms with Crippen molar-refractivity contribution in [3.8, 4) is 5.75 Å². The normalized spacial score (nSPS) is 16.1. The molecule has 0 bridgehead atoms. The van der Waals surface area contributed by atoms with E-state index < -0.39 is 23.8 Å². The quantitative estimate of drug-likeness (QED) is 0.864. The van der Waals surface area contributed by atoms with Gasteiger partial charge in [-0.3, -0.25) is 9.59 Å². The van der Waals surface area contributed by atoms with Crippen molar-refractivity contribution in [2.24, 2.45) is 0 Å². The molecule has 0 fully saturated rings. The highest BCUT2D eigenvalue weighted by molar-refractivity contribution is 6.07. The number of hydrogen-bond acceptors (Lipinski definition) is 3. The van der Waals surface area contributed by atoms with Gasteiger partial charge in [-0.2, -0.15) is 13.2 Å². The van der Waals surface area contributed by atoms with Crippen molar-refractivity contribution < 1.29 is 27.5 Å². The number of rotatable bonds is 4. The lowest BCUT2D eigenvalue weighted by molar-refractivity contribution is -0.137.